The van der Waals surface area contributed by atoms with Crippen LogP contribution in [0.3, 0.4) is 0 Å². The number of thioether (sulfide) groups is 1. The molecule has 0 amide bonds. The summed E-state index contributed by atoms with van der Waals surface area (Å²) < 4.78 is 0. The molecule has 21 N–H and O–H groups in total. The van der Waals surface area contributed by atoms with Gasteiger partial charge in [0.15, 0.2) is 0 Å². The van der Waals surface area contributed by atoms with Crippen LogP contribution in [0.25, 0.3) is 0 Å². The number of unbranched alkanes of at least 4 members (excludes halogenated alkanes) is 1. The number of aliphatic carboxylic acids is 6. The maximum Gasteiger partial charge on any atom is 0.320 e. The number of rotatable bonds is 20. The van der Waals surface area contributed by atoms with E-state index in [1.807, 2.05) is 50.4 Å². The van der Waals surface area contributed by atoms with Crippen LogP contribution in [-0.2, 0) is 35.2 Å². The standard InChI is InChI=1S/C9H11NO2.C6H14N2O2.C6H13NO2.C5H12N2O2.C5H11NO2S.C5H9NO2/c10-8(9(11)12)6-7-4-2-1-3-5-7;7-4-2-1-3-5(8)6(9)10;1-4(2)3-5(7)6(8)9;6-3-1-2-4(7)5(8)9;1-9-3-2-4(6)5(7)8;7-5(8)4-2-1-3-6-4/h1-5,8H,6,10H2,(H,11,12);5H,1-4,7-8H2,(H,9,10);4-5H,3,7H2,1-2H3,(H,8,9);4H,1-3,6-7H2,(H,8,9);4H,2-3,6H2,1H3,(H,7,8);4,6H,1-3H2,(H,7,8)/t8-;2*5-;3*4-/m000000/s1. The summed E-state index contributed by atoms with van der Waals surface area (Å²) in [5.41, 5.74) is 37.4. The molecule has 1 fully saturated rings. The average Bonchev–Trinajstić information content (AvgIpc) is 3.70. The van der Waals surface area contributed by atoms with Crippen LogP contribution in [0.2, 0.25) is 0 Å². The summed E-state index contributed by atoms with van der Waals surface area (Å²) in [5, 5.41) is 52.9. The second kappa shape index (κ2) is 38.9. The number of carboxylic acid groups (broad SMARTS) is 6. The summed E-state index contributed by atoms with van der Waals surface area (Å²) in [6, 6.07) is 5.44. The fourth-order valence-corrected chi connectivity index (χ4v) is 4.41. The molecule has 1 saturated heterocycles. The highest BCUT2D eigenvalue weighted by Crippen LogP contribution is 2.04. The number of nitrogens with one attached hydrogen (secondary N) is 1. The molecule has 21 heteroatoms. The van der Waals surface area contributed by atoms with Crippen molar-refractivity contribution in [1.82, 2.24) is 5.32 Å². The Bertz CT molecular complexity index is 1190. The van der Waals surface area contributed by atoms with E-state index in [1.54, 1.807) is 11.8 Å². The molecule has 0 spiro atoms. The lowest BCUT2D eigenvalue weighted by molar-refractivity contribution is -0.139. The Morgan fingerprint density at radius 3 is 1.42 bits per heavy atom. The third kappa shape index (κ3) is 41.5. The van der Waals surface area contributed by atoms with E-state index >= 15 is 0 Å². The summed E-state index contributed by atoms with van der Waals surface area (Å²) in [6.45, 7) is 5.86. The maximum atomic E-state index is 10.4. The minimum atomic E-state index is -0.959. The van der Waals surface area contributed by atoms with Crippen molar-refractivity contribution in [2.45, 2.75) is 114 Å². The third-order valence-corrected chi connectivity index (χ3v) is 7.93. The summed E-state index contributed by atoms with van der Waals surface area (Å²) in [4.78, 5) is 60.9. The van der Waals surface area contributed by atoms with Crippen molar-refractivity contribution < 1.29 is 59.4 Å². The fraction of sp³-hybridized carbons (Fsp3) is 0.667. The zero-order chi connectivity index (χ0) is 44.9. The van der Waals surface area contributed by atoms with Crippen LogP contribution in [0, 0.1) is 5.92 Å². The molecule has 1 heterocycles. The number of hydrogen-bond donors (Lipinski definition) is 14. The van der Waals surface area contributed by atoms with Gasteiger partial charge in [0, 0.05) is 0 Å². The van der Waals surface area contributed by atoms with Crippen LogP contribution in [0.5, 0.6) is 0 Å². The zero-order valence-electron chi connectivity index (χ0n) is 33.4. The Morgan fingerprint density at radius 2 is 1.11 bits per heavy atom. The first-order valence-electron chi connectivity index (χ1n) is 18.4. The molecule has 1 aromatic carbocycles. The van der Waals surface area contributed by atoms with Gasteiger partial charge in [-0.05, 0) is 101 Å². The smallest absolute Gasteiger partial charge is 0.320 e. The molecule has 0 aliphatic carbocycles. The van der Waals surface area contributed by atoms with E-state index in [-0.39, 0.29) is 6.04 Å². The van der Waals surface area contributed by atoms with Gasteiger partial charge < -0.3 is 76.1 Å². The van der Waals surface area contributed by atoms with Crippen molar-refractivity contribution >= 4 is 47.6 Å². The van der Waals surface area contributed by atoms with E-state index in [4.69, 9.17) is 70.8 Å². The Labute approximate surface area is 339 Å². The number of carbonyl (C=O) groups is 6. The second-order valence-electron chi connectivity index (χ2n) is 13.0. The van der Waals surface area contributed by atoms with Crippen molar-refractivity contribution in [3.8, 4) is 0 Å². The van der Waals surface area contributed by atoms with Gasteiger partial charge in [0.25, 0.3) is 0 Å². The lowest BCUT2D eigenvalue weighted by Crippen LogP contribution is -2.32. The van der Waals surface area contributed by atoms with Gasteiger partial charge >= 0.3 is 35.8 Å². The molecule has 0 bridgehead atoms. The van der Waals surface area contributed by atoms with E-state index in [0.717, 1.165) is 43.5 Å². The Kier molecular flexibility index (Phi) is 40.8. The molecular weight excluding hydrogens is 769 g/mol. The van der Waals surface area contributed by atoms with Crippen molar-refractivity contribution in [2.75, 3.05) is 31.6 Å². The van der Waals surface area contributed by atoms with Gasteiger partial charge in [-0.2, -0.15) is 11.8 Å². The first kappa shape index (κ1) is 59.8. The molecule has 6 atom stereocenters. The predicted molar refractivity (Wildman–Crippen MR) is 221 cm³/mol. The molecule has 0 unspecified atom stereocenters. The molecule has 20 nitrogen and oxygen atoms in total. The zero-order valence-corrected chi connectivity index (χ0v) is 34.2. The molecule has 1 aliphatic heterocycles. The van der Waals surface area contributed by atoms with Crippen LogP contribution in [0.4, 0.5) is 0 Å². The van der Waals surface area contributed by atoms with Gasteiger partial charge in [-0.25, -0.2) is 0 Å². The Balaban J connectivity index is -0.000000297. The summed E-state index contributed by atoms with van der Waals surface area (Å²) in [6.07, 6.45) is 8.50. The lowest BCUT2D eigenvalue weighted by atomic mass is 10.1. The first-order valence-corrected chi connectivity index (χ1v) is 19.8. The fourth-order valence-electron chi connectivity index (χ4n) is 3.92. The van der Waals surface area contributed by atoms with E-state index in [1.165, 1.54) is 0 Å². The van der Waals surface area contributed by atoms with Gasteiger partial charge in [-0.1, -0.05) is 50.6 Å². The number of nitrogens with two attached hydrogens (primary N) is 7. The van der Waals surface area contributed by atoms with Gasteiger partial charge in [-0.3, -0.25) is 28.8 Å². The normalized spacial score (nSPS) is 15.2. The van der Waals surface area contributed by atoms with Crippen LogP contribution >= 0.6 is 11.8 Å². The maximum absolute atomic E-state index is 10.4. The largest absolute Gasteiger partial charge is 0.480 e. The van der Waals surface area contributed by atoms with E-state index in [9.17, 15) is 28.8 Å². The molecule has 0 saturated carbocycles. The predicted octanol–water partition coefficient (Wildman–Crippen LogP) is -0.276. The molecule has 332 valence electrons. The first-order chi connectivity index (χ1) is 26.6. The van der Waals surface area contributed by atoms with Crippen molar-refractivity contribution in [3.05, 3.63) is 35.9 Å². The monoisotopic (exact) mass is 838 g/mol. The number of carboxylic acids is 6. The quantitative estimate of drug-likeness (QED) is 0.0751. The highest BCUT2D eigenvalue weighted by atomic mass is 32.2. The highest BCUT2D eigenvalue weighted by Gasteiger charge is 2.20. The summed E-state index contributed by atoms with van der Waals surface area (Å²) >= 11 is 1.60. The van der Waals surface area contributed by atoms with Gasteiger partial charge in [0.05, 0.1) is 0 Å². The second-order valence-corrected chi connectivity index (χ2v) is 14.0. The van der Waals surface area contributed by atoms with E-state index in [2.05, 4.69) is 5.32 Å². The molecular formula is C36H70N8O12S. The Morgan fingerprint density at radius 1 is 0.667 bits per heavy atom. The van der Waals surface area contributed by atoms with Crippen LogP contribution in [0.15, 0.2) is 30.3 Å². The lowest BCUT2D eigenvalue weighted by Gasteiger charge is -2.07. The molecule has 2 rings (SSSR count). The SMILES string of the molecule is CC(C)C[C@H](N)C(=O)O.CSCC[C@H](N)C(=O)O.NCCCC[C@H](N)C(=O)O.NCCC[C@H](N)C(=O)O.N[C@@H](Cc1ccccc1)C(=O)O.O=C(O)[C@@H]1CCCN1. The minimum Gasteiger partial charge on any atom is -0.480 e. The van der Waals surface area contributed by atoms with Crippen LogP contribution in [0.1, 0.15) is 77.2 Å². The molecule has 57 heavy (non-hydrogen) atoms. The van der Waals surface area contributed by atoms with Gasteiger partial charge in [-0.15, -0.1) is 0 Å². The van der Waals surface area contributed by atoms with Gasteiger partial charge in [0.2, 0.25) is 0 Å². The van der Waals surface area contributed by atoms with E-state index < -0.39 is 66.0 Å². The van der Waals surface area contributed by atoms with Crippen molar-refractivity contribution in [1.29, 1.82) is 0 Å². The molecule has 1 aromatic rings. The average molecular weight is 839 g/mol. The van der Waals surface area contributed by atoms with Crippen molar-refractivity contribution in [2.24, 2.45) is 46.1 Å². The number of benzene rings is 1. The summed E-state index contributed by atoms with van der Waals surface area (Å²) in [5.74, 6) is -4.22. The minimum absolute atomic E-state index is 0.269. The van der Waals surface area contributed by atoms with E-state index in [0.29, 0.717) is 57.5 Å². The molecule has 1 aliphatic rings. The van der Waals surface area contributed by atoms with Crippen LogP contribution in [-0.4, -0.2) is 134 Å². The number of hydrogen-bond acceptors (Lipinski definition) is 15. The summed E-state index contributed by atoms with van der Waals surface area (Å²) in [7, 11) is 0. The highest BCUT2D eigenvalue weighted by molar-refractivity contribution is 7.98. The topological polar surface area (TPSA) is 418 Å². The Hall–Kier alpha value is -3.93. The molecule has 0 aromatic heterocycles. The molecule has 0 radical (unpaired) electrons. The van der Waals surface area contributed by atoms with Crippen molar-refractivity contribution in [3.63, 3.8) is 0 Å². The van der Waals surface area contributed by atoms with Gasteiger partial charge in [0.1, 0.15) is 36.3 Å². The van der Waals surface area contributed by atoms with Crippen LogP contribution < -0.4 is 45.5 Å². The third-order valence-electron chi connectivity index (χ3n) is 7.29.